The molecule has 138 valence electrons. The summed E-state index contributed by atoms with van der Waals surface area (Å²) in [6.07, 6.45) is 5.75. The van der Waals surface area contributed by atoms with Crippen molar-refractivity contribution in [3.63, 3.8) is 0 Å². The molecule has 1 fully saturated rings. The lowest BCUT2D eigenvalue weighted by molar-refractivity contribution is 0.0945. The molecule has 1 saturated heterocycles. The van der Waals surface area contributed by atoms with E-state index in [1.165, 1.54) is 12.8 Å². The summed E-state index contributed by atoms with van der Waals surface area (Å²) >= 11 is 0. The number of nitrogens with one attached hydrogen (secondary N) is 3. The normalized spacial score (nSPS) is 17.0. The summed E-state index contributed by atoms with van der Waals surface area (Å²) in [5, 5.41) is 22.2. The van der Waals surface area contributed by atoms with Gasteiger partial charge in [-0.25, -0.2) is 4.98 Å². The number of H-pyrrole nitrogens is 1. The molecule has 3 aromatic heterocycles. The van der Waals surface area contributed by atoms with Crippen LogP contribution in [0, 0.1) is 5.92 Å². The third-order valence-electron chi connectivity index (χ3n) is 4.45. The molecule has 1 unspecified atom stereocenters. The standard InChI is InChI=1S/C16H20N8O.ClH/c25-16(19-8-13-12-4-2-6-18-15(12)22-20-13)14-10-24(23-21-14)9-11-3-1-5-17-7-11;/h2,4,6,10-11,17H,1,3,5,7-9H2,(H,19,25)(H,18,20,22);1H. The average molecular weight is 377 g/mol. The van der Waals surface area contributed by atoms with E-state index in [2.05, 4.69) is 36.1 Å². The monoisotopic (exact) mass is 376 g/mol. The number of rotatable bonds is 5. The number of hydrogen-bond donors (Lipinski definition) is 3. The minimum Gasteiger partial charge on any atom is -0.345 e. The molecular weight excluding hydrogens is 356 g/mol. The molecule has 3 aromatic rings. The quantitative estimate of drug-likeness (QED) is 0.609. The first-order chi connectivity index (χ1) is 12.3. The van der Waals surface area contributed by atoms with E-state index in [-0.39, 0.29) is 18.3 Å². The zero-order valence-corrected chi connectivity index (χ0v) is 15.0. The number of amides is 1. The summed E-state index contributed by atoms with van der Waals surface area (Å²) in [6.45, 7) is 3.19. The second-order valence-corrected chi connectivity index (χ2v) is 6.30. The van der Waals surface area contributed by atoms with E-state index < -0.39 is 0 Å². The highest BCUT2D eigenvalue weighted by Crippen LogP contribution is 2.13. The molecule has 10 heteroatoms. The summed E-state index contributed by atoms with van der Waals surface area (Å²) in [4.78, 5) is 16.5. The second-order valence-electron chi connectivity index (χ2n) is 6.30. The van der Waals surface area contributed by atoms with Gasteiger partial charge in [0, 0.05) is 18.1 Å². The maximum absolute atomic E-state index is 12.3. The number of pyridine rings is 1. The Morgan fingerprint density at radius 1 is 1.42 bits per heavy atom. The van der Waals surface area contributed by atoms with Crippen molar-refractivity contribution in [1.29, 1.82) is 0 Å². The molecule has 4 heterocycles. The Kier molecular flexibility index (Phi) is 5.79. The largest absolute Gasteiger partial charge is 0.345 e. The minimum absolute atomic E-state index is 0. The number of hydrogen-bond acceptors (Lipinski definition) is 6. The van der Waals surface area contributed by atoms with Gasteiger partial charge in [-0.2, -0.15) is 5.10 Å². The summed E-state index contributed by atoms with van der Waals surface area (Å²) in [7, 11) is 0. The summed E-state index contributed by atoms with van der Waals surface area (Å²) in [6, 6.07) is 3.76. The van der Waals surface area contributed by atoms with Crippen LogP contribution < -0.4 is 10.6 Å². The van der Waals surface area contributed by atoms with Gasteiger partial charge in [-0.1, -0.05) is 5.21 Å². The van der Waals surface area contributed by atoms with Crippen LogP contribution in [0.4, 0.5) is 0 Å². The molecule has 1 aliphatic heterocycles. The smallest absolute Gasteiger partial charge is 0.273 e. The van der Waals surface area contributed by atoms with Crippen molar-refractivity contribution in [2.24, 2.45) is 5.92 Å². The molecule has 9 nitrogen and oxygen atoms in total. The van der Waals surface area contributed by atoms with Crippen molar-refractivity contribution < 1.29 is 4.79 Å². The Morgan fingerprint density at radius 2 is 2.35 bits per heavy atom. The van der Waals surface area contributed by atoms with E-state index in [0.717, 1.165) is 30.7 Å². The van der Waals surface area contributed by atoms with Gasteiger partial charge < -0.3 is 10.6 Å². The molecule has 0 spiro atoms. The van der Waals surface area contributed by atoms with Crippen LogP contribution in [-0.4, -0.2) is 49.2 Å². The lowest BCUT2D eigenvalue weighted by Crippen LogP contribution is -2.32. The van der Waals surface area contributed by atoms with Gasteiger partial charge in [0.2, 0.25) is 0 Å². The Morgan fingerprint density at radius 3 is 3.19 bits per heavy atom. The van der Waals surface area contributed by atoms with Gasteiger partial charge in [-0.15, -0.1) is 17.5 Å². The number of halogens is 1. The van der Waals surface area contributed by atoms with Crippen LogP contribution in [0.2, 0.25) is 0 Å². The number of nitrogens with zero attached hydrogens (tertiary/aromatic N) is 5. The SMILES string of the molecule is Cl.O=C(NCc1[nH]nc2ncccc12)c1cn(CC2CCCNC2)nn1. The van der Waals surface area contributed by atoms with Gasteiger partial charge in [0.25, 0.3) is 5.91 Å². The highest BCUT2D eigenvalue weighted by Gasteiger charge is 2.16. The molecule has 1 amide bonds. The number of carbonyl (C=O) groups is 1. The predicted molar refractivity (Wildman–Crippen MR) is 97.9 cm³/mol. The highest BCUT2D eigenvalue weighted by molar-refractivity contribution is 5.92. The molecule has 1 atom stereocenters. The van der Waals surface area contributed by atoms with Crippen LogP contribution in [0.1, 0.15) is 29.0 Å². The topological polar surface area (TPSA) is 113 Å². The molecule has 0 bridgehead atoms. The Hall–Kier alpha value is -2.52. The highest BCUT2D eigenvalue weighted by atomic mass is 35.5. The maximum atomic E-state index is 12.3. The van der Waals surface area contributed by atoms with Gasteiger partial charge in [0.1, 0.15) is 0 Å². The Bertz CT molecular complexity index is 870. The molecule has 26 heavy (non-hydrogen) atoms. The van der Waals surface area contributed by atoms with E-state index in [1.54, 1.807) is 17.1 Å². The van der Waals surface area contributed by atoms with Crippen molar-refractivity contribution in [3.05, 3.63) is 35.9 Å². The first-order valence-electron chi connectivity index (χ1n) is 8.46. The van der Waals surface area contributed by atoms with Crippen molar-refractivity contribution >= 4 is 29.3 Å². The van der Waals surface area contributed by atoms with E-state index in [4.69, 9.17) is 0 Å². The van der Waals surface area contributed by atoms with Gasteiger partial charge >= 0.3 is 0 Å². The van der Waals surface area contributed by atoms with Gasteiger partial charge in [-0.3, -0.25) is 14.6 Å². The summed E-state index contributed by atoms with van der Waals surface area (Å²) in [5.74, 6) is 0.287. The van der Waals surface area contributed by atoms with Crippen LogP contribution in [0.25, 0.3) is 11.0 Å². The summed E-state index contributed by atoms with van der Waals surface area (Å²) in [5.41, 5.74) is 1.78. The molecule has 4 rings (SSSR count). The lowest BCUT2D eigenvalue weighted by Gasteiger charge is -2.22. The zero-order chi connectivity index (χ0) is 17.1. The molecular formula is C16H21ClN8O. The fourth-order valence-corrected chi connectivity index (χ4v) is 3.13. The van der Waals surface area contributed by atoms with Crippen molar-refractivity contribution in [2.75, 3.05) is 13.1 Å². The van der Waals surface area contributed by atoms with Crippen LogP contribution in [-0.2, 0) is 13.1 Å². The Balaban J connectivity index is 0.00000196. The molecule has 0 aliphatic carbocycles. The van der Waals surface area contributed by atoms with E-state index >= 15 is 0 Å². The molecule has 0 aromatic carbocycles. The average Bonchev–Trinajstić information content (AvgIpc) is 3.28. The fourth-order valence-electron chi connectivity index (χ4n) is 3.13. The van der Waals surface area contributed by atoms with Crippen LogP contribution in [0.5, 0.6) is 0 Å². The molecule has 0 saturated carbocycles. The molecule has 0 radical (unpaired) electrons. The maximum Gasteiger partial charge on any atom is 0.273 e. The van der Waals surface area contributed by atoms with E-state index in [0.29, 0.717) is 23.8 Å². The van der Waals surface area contributed by atoms with E-state index in [1.807, 2.05) is 12.1 Å². The van der Waals surface area contributed by atoms with Gasteiger partial charge in [0.05, 0.1) is 18.4 Å². The minimum atomic E-state index is -0.250. The van der Waals surface area contributed by atoms with Crippen LogP contribution in [0.15, 0.2) is 24.5 Å². The molecule has 1 aliphatic rings. The summed E-state index contributed by atoms with van der Waals surface area (Å²) < 4.78 is 1.75. The van der Waals surface area contributed by atoms with Gasteiger partial charge in [0.15, 0.2) is 11.3 Å². The first kappa shape index (κ1) is 18.3. The van der Waals surface area contributed by atoms with Crippen LogP contribution in [0.3, 0.4) is 0 Å². The zero-order valence-electron chi connectivity index (χ0n) is 14.2. The third-order valence-corrected chi connectivity index (χ3v) is 4.45. The van der Waals surface area contributed by atoms with Gasteiger partial charge in [-0.05, 0) is 44.0 Å². The predicted octanol–water partition coefficient (Wildman–Crippen LogP) is 0.901. The second kappa shape index (κ2) is 8.24. The number of aromatic nitrogens is 6. The van der Waals surface area contributed by atoms with Crippen LogP contribution >= 0.6 is 12.4 Å². The third kappa shape index (κ3) is 4.00. The molecule has 3 N–H and O–H groups in total. The van der Waals surface area contributed by atoms with Crippen molar-refractivity contribution in [2.45, 2.75) is 25.9 Å². The number of aromatic amines is 1. The van der Waals surface area contributed by atoms with Crippen molar-refractivity contribution in [3.8, 4) is 0 Å². The van der Waals surface area contributed by atoms with Crippen molar-refractivity contribution in [1.82, 2.24) is 40.8 Å². The Labute approximate surface area is 156 Å². The number of piperidine rings is 1. The number of carbonyl (C=O) groups excluding carboxylic acids is 1. The number of fused-ring (bicyclic) bond motifs is 1. The lowest BCUT2D eigenvalue weighted by atomic mass is 10.00. The fraction of sp³-hybridized carbons (Fsp3) is 0.438. The van der Waals surface area contributed by atoms with E-state index in [9.17, 15) is 4.79 Å². The first-order valence-corrected chi connectivity index (χ1v) is 8.46.